The van der Waals surface area contributed by atoms with Crippen molar-refractivity contribution in [1.82, 2.24) is 10.2 Å². The molecule has 21 heavy (non-hydrogen) atoms. The molecule has 6 nitrogen and oxygen atoms in total. The lowest BCUT2D eigenvalue weighted by Crippen LogP contribution is -2.74. The van der Waals surface area contributed by atoms with Crippen LogP contribution in [-0.2, 0) is 16.0 Å². The molecule has 0 spiro atoms. The van der Waals surface area contributed by atoms with Gasteiger partial charge in [-0.2, -0.15) is 0 Å². The van der Waals surface area contributed by atoms with E-state index in [0.29, 0.717) is 18.2 Å². The Morgan fingerprint density at radius 2 is 2.14 bits per heavy atom. The lowest BCUT2D eigenvalue weighted by atomic mass is 9.54. The summed E-state index contributed by atoms with van der Waals surface area (Å²) < 4.78 is 5.63. The fourth-order valence-electron chi connectivity index (χ4n) is 2.48. The van der Waals surface area contributed by atoms with Crippen molar-refractivity contribution in [3.05, 3.63) is 5.01 Å². The second kappa shape index (κ2) is 6.56. The highest BCUT2D eigenvalue weighted by molar-refractivity contribution is 7.15. The quantitative estimate of drug-likeness (QED) is 0.859. The van der Waals surface area contributed by atoms with Crippen LogP contribution in [0.25, 0.3) is 0 Å². The van der Waals surface area contributed by atoms with Crippen LogP contribution in [0.1, 0.15) is 39.1 Å². The fourth-order valence-corrected chi connectivity index (χ4v) is 3.15. The monoisotopic (exact) mass is 334 g/mol. The van der Waals surface area contributed by atoms with Gasteiger partial charge in [-0.25, -0.2) is 0 Å². The Morgan fingerprint density at radius 1 is 1.48 bits per heavy atom. The highest BCUT2D eigenvalue weighted by atomic mass is 35.5. The minimum Gasteiger partial charge on any atom is -0.378 e. The SMILES string of the molecule is CCOC1CC(N)(C(=O)Nc2nnc(CC)s2)C1(C)C.Cl. The van der Waals surface area contributed by atoms with E-state index >= 15 is 0 Å². The second-order valence-corrected chi connectivity index (χ2v) is 6.71. The predicted octanol–water partition coefficient (Wildman–Crippen LogP) is 1.99. The Labute approximate surface area is 135 Å². The van der Waals surface area contributed by atoms with E-state index in [1.165, 1.54) is 11.3 Å². The molecular formula is C13H23ClN4O2S. The first-order chi connectivity index (χ1) is 9.35. The molecule has 2 atom stereocenters. The van der Waals surface area contributed by atoms with Crippen molar-refractivity contribution in [2.45, 2.75) is 52.2 Å². The Kier molecular flexibility index (Phi) is 5.71. The van der Waals surface area contributed by atoms with E-state index < -0.39 is 11.0 Å². The van der Waals surface area contributed by atoms with E-state index in [9.17, 15) is 4.79 Å². The molecule has 0 saturated heterocycles. The van der Waals surface area contributed by atoms with E-state index in [1.54, 1.807) is 0 Å². The number of hydrogen-bond donors (Lipinski definition) is 2. The predicted molar refractivity (Wildman–Crippen MR) is 85.9 cm³/mol. The summed E-state index contributed by atoms with van der Waals surface area (Å²) in [6, 6.07) is 0. The number of carbonyl (C=O) groups is 1. The molecule has 1 saturated carbocycles. The van der Waals surface area contributed by atoms with E-state index in [4.69, 9.17) is 10.5 Å². The maximum atomic E-state index is 12.4. The van der Waals surface area contributed by atoms with E-state index in [0.717, 1.165) is 11.4 Å². The largest absolute Gasteiger partial charge is 0.378 e. The fraction of sp³-hybridized carbons (Fsp3) is 0.769. The molecular weight excluding hydrogens is 312 g/mol. The summed E-state index contributed by atoms with van der Waals surface area (Å²) in [5.41, 5.74) is 4.97. The van der Waals surface area contributed by atoms with Crippen molar-refractivity contribution in [1.29, 1.82) is 0 Å². The minimum atomic E-state index is -0.926. The molecule has 0 bridgehead atoms. The Hall–Kier alpha value is -0.760. The summed E-state index contributed by atoms with van der Waals surface area (Å²) in [4.78, 5) is 12.4. The van der Waals surface area contributed by atoms with Crippen molar-refractivity contribution in [3.8, 4) is 0 Å². The molecule has 1 fully saturated rings. The standard InChI is InChI=1S/C13H22N4O2S.ClH/c1-5-9-16-17-11(20-9)15-10(18)13(14)7-8(19-6-2)12(13,3)4;/h8H,5-7,14H2,1-4H3,(H,15,17,18);1H. The van der Waals surface area contributed by atoms with Gasteiger partial charge in [0.2, 0.25) is 11.0 Å². The smallest absolute Gasteiger partial charge is 0.247 e. The van der Waals surface area contributed by atoms with Gasteiger partial charge in [0.05, 0.1) is 6.10 Å². The molecule has 0 aromatic carbocycles. The lowest BCUT2D eigenvalue weighted by molar-refractivity contribution is -0.166. The number of aromatic nitrogens is 2. The normalized spacial score (nSPS) is 26.6. The molecule has 1 heterocycles. The summed E-state index contributed by atoms with van der Waals surface area (Å²) >= 11 is 1.38. The number of aryl methyl sites for hydroxylation is 1. The molecule has 2 rings (SSSR count). The number of anilines is 1. The number of carbonyl (C=O) groups excluding carboxylic acids is 1. The van der Waals surface area contributed by atoms with Crippen LogP contribution in [0, 0.1) is 5.41 Å². The second-order valence-electron chi connectivity index (χ2n) is 5.65. The Morgan fingerprint density at radius 3 is 2.62 bits per heavy atom. The maximum Gasteiger partial charge on any atom is 0.247 e. The van der Waals surface area contributed by atoms with Crippen LogP contribution in [0.5, 0.6) is 0 Å². The third-order valence-corrected chi connectivity index (χ3v) is 5.21. The average Bonchev–Trinajstić information content (AvgIpc) is 2.85. The summed E-state index contributed by atoms with van der Waals surface area (Å²) in [5.74, 6) is -0.211. The van der Waals surface area contributed by atoms with Crippen LogP contribution in [0.3, 0.4) is 0 Å². The number of nitrogens with two attached hydrogens (primary N) is 1. The molecule has 3 N–H and O–H groups in total. The van der Waals surface area contributed by atoms with Crippen molar-refractivity contribution in [2.75, 3.05) is 11.9 Å². The number of nitrogens with zero attached hydrogens (tertiary/aromatic N) is 2. The zero-order valence-corrected chi connectivity index (χ0v) is 14.4. The third-order valence-electron chi connectivity index (χ3n) is 4.22. The van der Waals surface area contributed by atoms with Gasteiger partial charge in [0.1, 0.15) is 10.5 Å². The van der Waals surface area contributed by atoms with Gasteiger partial charge in [-0.15, -0.1) is 22.6 Å². The van der Waals surface area contributed by atoms with Gasteiger partial charge in [0, 0.05) is 18.4 Å². The van der Waals surface area contributed by atoms with Crippen molar-refractivity contribution < 1.29 is 9.53 Å². The number of rotatable bonds is 5. The minimum absolute atomic E-state index is 0. The first kappa shape index (κ1) is 18.3. The number of amides is 1. The van der Waals surface area contributed by atoms with Crippen molar-refractivity contribution in [3.63, 3.8) is 0 Å². The van der Waals surface area contributed by atoms with Crippen LogP contribution in [0.4, 0.5) is 5.13 Å². The van der Waals surface area contributed by atoms with Gasteiger partial charge in [-0.3, -0.25) is 10.1 Å². The highest BCUT2D eigenvalue weighted by Crippen LogP contribution is 2.50. The molecule has 120 valence electrons. The van der Waals surface area contributed by atoms with Gasteiger partial charge in [-0.1, -0.05) is 32.1 Å². The molecule has 1 aliphatic carbocycles. The van der Waals surface area contributed by atoms with Crippen LogP contribution in [0.15, 0.2) is 0 Å². The summed E-state index contributed by atoms with van der Waals surface area (Å²) in [6.07, 6.45) is 1.35. The first-order valence-electron chi connectivity index (χ1n) is 6.89. The molecule has 2 unspecified atom stereocenters. The summed E-state index contributed by atoms with van der Waals surface area (Å²) in [5, 5.41) is 12.1. The van der Waals surface area contributed by atoms with Crippen LogP contribution in [-0.4, -0.2) is 34.4 Å². The zero-order valence-electron chi connectivity index (χ0n) is 12.8. The molecule has 1 amide bonds. The van der Waals surface area contributed by atoms with Crippen LogP contribution >= 0.6 is 23.7 Å². The Bertz CT molecular complexity index is 508. The lowest BCUT2D eigenvalue weighted by Gasteiger charge is -2.57. The van der Waals surface area contributed by atoms with Gasteiger partial charge in [0.15, 0.2) is 0 Å². The van der Waals surface area contributed by atoms with Crippen molar-refractivity contribution in [2.24, 2.45) is 11.1 Å². The van der Waals surface area contributed by atoms with E-state index in [2.05, 4.69) is 15.5 Å². The summed E-state index contributed by atoms with van der Waals surface area (Å²) in [7, 11) is 0. The zero-order chi connectivity index (χ0) is 15.0. The van der Waals surface area contributed by atoms with Gasteiger partial charge in [-0.05, 0) is 13.3 Å². The number of ether oxygens (including phenoxy) is 1. The van der Waals surface area contributed by atoms with E-state index in [-0.39, 0.29) is 24.4 Å². The van der Waals surface area contributed by atoms with E-state index in [1.807, 2.05) is 27.7 Å². The van der Waals surface area contributed by atoms with Crippen LogP contribution < -0.4 is 11.1 Å². The molecule has 0 aliphatic heterocycles. The topological polar surface area (TPSA) is 90.1 Å². The van der Waals surface area contributed by atoms with Gasteiger partial charge in [0.25, 0.3) is 0 Å². The maximum absolute atomic E-state index is 12.4. The highest BCUT2D eigenvalue weighted by Gasteiger charge is 2.63. The first-order valence-corrected chi connectivity index (χ1v) is 7.71. The molecule has 1 aliphatic rings. The third kappa shape index (κ3) is 3.06. The van der Waals surface area contributed by atoms with Crippen molar-refractivity contribution >= 4 is 34.8 Å². The number of nitrogens with one attached hydrogen (secondary N) is 1. The summed E-state index contributed by atoms with van der Waals surface area (Å²) in [6.45, 7) is 8.50. The molecule has 0 radical (unpaired) electrons. The Balaban J connectivity index is 0.00000220. The van der Waals surface area contributed by atoms with Gasteiger partial charge >= 0.3 is 0 Å². The molecule has 8 heteroatoms. The van der Waals surface area contributed by atoms with Crippen LogP contribution in [0.2, 0.25) is 0 Å². The average molecular weight is 335 g/mol. The molecule has 1 aromatic rings. The number of hydrogen-bond acceptors (Lipinski definition) is 6. The number of halogens is 1. The molecule has 1 aromatic heterocycles. The van der Waals surface area contributed by atoms with Gasteiger partial charge < -0.3 is 10.5 Å².